The third-order valence-electron chi connectivity index (χ3n) is 5.39. The number of amides is 2. The Morgan fingerprint density at radius 3 is 2.68 bits per heavy atom. The van der Waals surface area contributed by atoms with Crippen LogP contribution in [0.2, 0.25) is 5.02 Å². The summed E-state index contributed by atoms with van der Waals surface area (Å²) >= 11 is 6.34. The molecule has 3 rings (SSSR count). The lowest BCUT2D eigenvalue weighted by Crippen LogP contribution is -2.49. The topological polar surface area (TPSA) is 110 Å². The standard InChI is InChI=1S/C21H28ClN5O4/c1-21(2,3)18(20(30)26-10-12(28)8-17(26)19(29)23-4)27-11-16(24-25-27)14-9-13(31-5)6-7-15(14)22/h6-7,9,11-12,17-18,28H,8,10H2,1-5H3,(H,23,29)/t12-,17+,18-/m1/s1. The van der Waals surface area contributed by atoms with Gasteiger partial charge in [0, 0.05) is 25.6 Å². The minimum Gasteiger partial charge on any atom is -0.497 e. The lowest BCUT2D eigenvalue weighted by molar-refractivity contribution is -0.144. The minimum absolute atomic E-state index is 0.0900. The van der Waals surface area contributed by atoms with Gasteiger partial charge in [-0.05, 0) is 23.6 Å². The number of benzene rings is 1. The Hall–Kier alpha value is -2.65. The molecule has 1 aliphatic heterocycles. The average molecular weight is 450 g/mol. The van der Waals surface area contributed by atoms with E-state index in [1.54, 1.807) is 31.5 Å². The second-order valence-electron chi connectivity index (χ2n) is 8.71. The fraction of sp³-hybridized carbons (Fsp3) is 0.524. The number of β-amino-alcohol motifs (C(OH)–C–C–N with tert-alkyl or cyclic N) is 1. The van der Waals surface area contributed by atoms with E-state index in [-0.39, 0.29) is 24.8 Å². The first-order valence-corrected chi connectivity index (χ1v) is 10.4. The van der Waals surface area contributed by atoms with E-state index in [9.17, 15) is 14.7 Å². The van der Waals surface area contributed by atoms with Crippen molar-refractivity contribution in [1.29, 1.82) is 0 Å². The summed E-state index contributed by atoms with van der Waals surface area (Å²) < 4.78 is 6.76. The summed E-state index contributed by atoms with van der Waals surface area (Å²) in [6.07, 6.45) is 1.11. The first-order chi connectivity index (χ1) is 14.6. The van der Waals surface area contributed by atoms with Crippen molar-refractivity contribution < 1.29 is 19.4 Å². The predicted octanol–water partition coefficient (Wildman–Crippen LogP) is 1.90. The lowest BCUT2D eigenvalue weighted by atomic mass is 9.85. The van der Waals surface area contributed by atoms with Gasteiger partial charge in [-0.1, -0.05) is 37.6 Å². The Balaban J connectivity index is 1.98. The second-order valence-corrected chi connectivity index (χ2v) is 9.12. The first kappa shape index (κ1) is 23.0. The molecule has 0 spiro atoms. The van der Waals surface area contributed by atoms with E-state index in [1.165, 1.54) is 16.6 Å². The van der Waals surface area contributed by atoms with Crippen molar-refractivity contribution in [2.75, 3.05) is 20.7 Å². The molecule has 1 saturated heterocycles. The van der Waals surface area contributed by atoms with E-state index < -0.39 is 23.6 Å². The number of hydrogen-bond acceptors (Lipinski definition) is 6. The number of rotatable bonds is 5. The van der Waals surface area contributed by atoms with Crippen molar-refractivity contribution >= 4 is 23.4 Å². The van der Waals surface area contributed by atoms with Crippen LogP contribution in [-0.4, -0.2) is 69.7 Å². The zero-order chi connectivity index (χ0) is 22.9. The molecule has 1 aromatic carbocycles. The Morgan fingerprint density at radius 1 is 1.35 bits per heavy atom. The van der Waals surface area contributed by atoms with E-state index in [4.69, 9.17) is 16.3 Å². The number of nitrogens with one attached hydrogen (secondary N) is 1. The van der Waals surface area contributed by atoms with Crippen molar-refractivity contribution in [3.8, 4) is 17.0 Å². The van der Waals surface area contributed by atoms with Crippen LogP contribution in [0.1, 0.15) is 33.2 Å². The van der Waals surface area contributed by atoms with Crippen LogP contribution >= 0.6 is 11.6 Å². The van der Waals surface area contributed by atoms with E-state index in [1.807, 2.05) is 20.8 Å². The summed E-state index contributed by atoms with van der Waals surface area (Å²) in [4.78, 5) is 27.3. The van der Waals surface area contributed by atoms with Crippen LogP contribution in [0, 0.1) is 5.41 Å². The largest absolute Gasteiger partial charge is 0.497 e. The highest BCUT2D eigenvalue weighted by Gasteiger charge is 2.45. The molecule has 31 heavy (non-hydrogen) atoms. The number of aromatic nitrogens is 3. The van der Waals surface area contributed by atoms with E-state index in [2.05, 4.69) is 15.6 Å². The highest BCUT2D eigenvalue weighted by molar-refractivity contribution is 6.33. The van der Waals surface area contributed by atoms with Crippen LogP contribution in [0.5, 0.6) is 5.75 Å². The fourth-order valence-corrected chi connectivity index (χ4v) is 4.08. The van der Waals surface area contributed by atoms with Crippen molar-refractivity contribution in [2.45, 2.75) is 45.4 Å². The van der Waals surface area contributed by atoms with Gasteiger partial charge in [-0.25, -0.2) is 4.68 Å². The van der Waals surface area contributed by atoms with Gasteiger partial charge in [-0.15, -0.1) is 5.10 Å². The molecule has 0 unspecified atom stereocenters. The normalized spacial score (nSPS) is 19.9. The number of halogens is 1. The summed E-state index contributed by atoms with van der Waals surface area (Å²) in [5.74, 6) is 0.0164. The Kier molecular flexibility index (Phi) is 6.56. The van der Waals surface area contributed by atoms with Crippen LogP contribution in [0.4, 0.5) is 0 Å². The van der Waals surface area contributed by atoms with Gasteiger partial charge in [0.25, 0.3) is 0 Å². The molecule has 0 saturated carbocycles. The molecular formula is C21H28ClN5O4. The second kappa shape index (κ2) is 8.84. The number of likely N-dealkylation sites (tertiary alicyclic amines) is 1. The number of carbonyl (C=O) groups excluding carboxylic acids is 2. The van der Waals surface area contributed by atoms with Crippen LogP contribution in [0.3, 0.4) is 0 Å². The van der Waals surface area contributed by atoms with Crippen LogP contribution in [0.25, 0.3) is 11.3 Å². The number of aliphatic hydroxyl groups is 1. The Bertz CT molecular complexity index is 971. The molecule has 2 N–H and O–H groups in total. The van der Waals surface area contributed by atoms with Gasteiger partial charge >= 0.3 is 0 Å². The van der Waals surface area contributed by atoms with Crippen LogP contribution in [-0.2, 0) is 9.59 Å². The first-order valence-electron chi connectivity index (χ1n) is 10.0. The number of aliphatic hydroxyl groups excluding tert-OH is 1. The molecule has 1 aliphatic rings. The van der Waals surface area contributed by atoms with Gasteiger partial charge in [0.2, 0.25) is 11.8 Å². The predicted molar refractivity (Wildman–Crippen MR) is 116 cm³/mol. The lowest BCUT2D eigenvalue weighted by Gasteiger charge is -2.34. The van der Waals surface area contributed by atoms with Gasteiger partial charge in [-0.2, -0.15) is 0 Å². The molecule has 0 radical (unpaired) electrons. The van der Waals surface area contributed by atoms with Crippen molar-refractivity contribution in [2.24, 2.45) is 5.41 Å². The molecule has 9 nitrogen and oxygen atoms in total. The third kappa shape index (κ3) is 4.67. The summed E-state index contributed by atoms with van der Waals surface area (Å²) in [6.45, 7) is 5.83. The summed E-state index contributed by atoms with van der Waals surface area (Å²) in [6, 6.07) is 3.74. The molecule has 1 fully saturated rings. The van der Waals surface area contributed by atoms with Gasteiger partial charge < -0.3 is 20.1 Å². The quantitative estimate of drug-likeness (QED) is 0.721. The van der Waals surface area contributed by atoms with Crippen molar-refractivity contribution in [1.82, 2.24) is 25.2 Å². The van der Waals surface area contributed by atoms with E-state index >= 15 is 0 Å². The molecule has 0 aliphatic carbocycles. The SMILES string of the molecule is CNC(=O)[C@@H]1C[C@@H](O)CN1C(=O)[C@@H](n1cc(-c2cc(OC)ccc2Cl)nn1)C(C)(C)C. The van der Waals surface area contributed by atoms with E-state index in [0.29, 0.717) is 22.0 Å². The molecule has 168 valence electrons. The number of methoxy groups -OCH3 is 1. The maximum absolute atomic E-state index is 13.6. The summed E-state index contributed by atoms with van der Waals surface area (Å²) in [7, 11) is 3.07. The monoisotopic (exact) mass is 449 g/mol. The molecule has 2 heterocycles. The summed E-state index contributed by atoms with van der Waals surface area (Å²) in [5, 5.41) is 21.6. The molecule has 2 aromatic rings. The highest BCUT2D eigenvalue weighted by Crippen LogP contribution is 2.36. The van der Waals surface area contributed by atoms with Crippen LogP contribution in [0.15, 0.2) is 24.4 Å². The number of nitrogens with zero attached hydrogens (tertiary/aromatic N) is 4. The molecule has 3 atom stereocenters. The van der Waals surface area contributed by atoms with Gasteiger partial charge in [0.15, 0.2) is 0 Å². The van der Waals surface area contributed by atoms with E-state index in [0.717, 1.165) is 0 Å². The third-order valence-corrected chi connectivity index (χ3v) is 5.72. The molecular weight excluding hydrogens is 422 g/mol. The smallest absolute Gasteiger partial charge is 0.248 e. The molecule has 10 heteroatoms. The van der Waals surface area contributed by atoms with Gasteiger partial charge in [-0.3, -0.25) is 9.59 Å². The fourth-order valence-electron chi connectivity index (χ4n) is 3.86. The number of hydrogen-bond donors (Lipinski definition) is 2. The Morgan fingerprint density at radius 2 is 2.06 bits per heavy atom. The summed E-state index contributed by atoms with van der Waals surface area (Å²) in [5.41, 5.74) is 0.587. The Labute approximate surface area is 186 Å². The average Bonchev–Trinajstić information content (AvgIpc) is 3.33. The van der Waals surface area contributed by atoms with Crippen molar-refractivity contribution in [3.63, 3.8) is 0 Å². The minimum atomic E-state index is -0.756. The number of carbonyl (C=O) groups is 2. The zero-order valence-corrected chi connectivity index (χ0v) is 19.1. The molecule has 1 aromatic heterocycles. The zero-order valence-electron chi connectivity index (χ0n) is 18.3. The van der Waals surface area contributed by atoms with Crippen LogP contribution < -0.4 is 10.1 Å². The van der Waals surface area contributed by atoms with Gasteiger partial charge in [0.05, 0.1) is 24.4 Å². The maximum atomic E-state index is 13.6. The molecule has 2 amide bonds. The number of ether oxygens (including phenoxy) is 1. The van der Waals surface area contributed by atoms with Gasteiger partial charge in [0.1, 0.15) is 23.5 Å². The molecule has 0 bridgehead atoms. The maximum Gasteiger partial charge on any atom is 0.248 e. The highest BCUT2D eigenvalue weighted by atomic mass is 35.5. The van der Waals surface area contributed by atoms with Crippen molar-refractivity contribution in [3.05, 3.63) is 29.4 Å². The number of likely N-dealkylation sites (N-methyl/N-ethyl adjacent to an activating group) is 1.